The molecule has 0 bridgehead atoms. The molecule has 8 N–H and O–H groups in total. The van der Waals surface area contributed by atoms with Crippen LogP contribution in [0.4, 0.5) is 0 Å². The highest BCUT2D eigenvalue weighted by atomic mass is 32.1. The summed E-state index contributed by atoms with van der Waals surface area (Å²) in [6.45, 7) is 1.17. The smallest absolute Gasteiger partial charge is 0.328 e. The molecule has 0 heterocycles. The second-order valence-corrected chi connectivity index (χ2v) is 6.49. The molecular formula is C14H24N4O8S2. The molecule has 14 heteroatoms. The molecule has 0 aromatic heterocycles. The quantitative estimate of drug-likeness (QED) is 0.138. The third kappa shape index (κ3) is 8.77. The lowest BCUT2D eigenvalue weighted by atomic mass is 10.1. The lowest BCUT2D eigenvalue weighted by Gasteiger charge is -2.24. The number of nitrogens with two attached hydrogens (primary N) is 1. The Kier molecular flexibility index (Phi) is 11.5. The lowest BCUT2D eigenvalue weighted by Crippen LogP contribution is -2.59. The number of thiol groups is 2. The molecule has 5 atom stereocenters. The van der Waals surface area contributed by atoms with Crippen LogP contribution in [0.1, 0.15) is 13.3 Å². The Balaban J connectivity index is 4.99. The Hall–Kier alpha value is -2.03. The molecule has 0 aromatic rings. The lowest BCUT2D eigenvalue weighted by molar-refractivity contribution is -0.145. The average molecular weight is 441 g/mol. The predicted molar refractivity (Wildman–Crippen MR) is 103 cm³/mol. The molecule has 0 rings (SSSR count). The summed E-state index contributed by atoms with van der Waals surface area (Å²) in [4.78, 5) is 57.9. The monoisotopic (exact) mass is 440 g/mol. The summed E-state index contributed by atoms with van der Waals surface area (Å²) >= 11 is 7.83. The summed E-state index contributed by atoms with van der Waals surface area (Å²) in [6.07, 6.45) is -2.04. The Morgan fingerprint density at radius 2 is 1.32 bits per heavy atom. The number of aliphatic carboxylic acids is 2. The van der Waals surface area contributed by atoms with Gasteiger partial charge in [0.25, 0.3) is 0 Å². The molecule has 0 aromatic carbocycles. The van der Waals surface area contributed by atoms with Gasteiger partial charge in [-0.1, -0.05) is 0 Å². The maximum atomic E-state index is 12.3. The zero-order valence-electron chi connectivity index (χ0n) is 14.9. The predicted octanol–water partition coefficient (Wildman–Crippen LogP) is -3.43. The van der Waals surface area contributed by atoms with Gasteiger partial charge in [-0.3, -0.25) is 19.2 Å². The molecule has 12 nitrogen and oxygen atoms in total. The third-order valence-electron chi connectivity index (χ3n) is 3.41. The van der Waals surface area contributed by atoms with Crippen molar-refractivity contribution in [3.05, 3.63) is 0 Å². The van der Waals surface area contributed by atoms with Crippen LogP contribution in [0, 0.1) is 0 Å². The molecule has 0 saturated carbocycles. The van der Waals surface area contributed by atoms with Gasteiger partial charge in [0.1, 0.15) is 12.1 Å². The molecule has 0 saturated heterocycles. The largest absolute Gasteiger partial charge is 0.481 e. The van der Waals surface area contributed by atoms with Gasteiger partial charge in [0.15, 0.2) is 6.04 Å². The number of carboxylic acids is 2. The van der Waals surface area contributed by atoms with Crippen molar-refractivity contribution >= 4 is 54.9 Å². The maximum Gasteiger partial charge on any atom is 0.328 e. The van der Waals surface area contributed by atoms with Gasteiger partial charge in [0, 0.05) is 11.5 Å². The number of carbonyl (C=O) groups is 5. The molecule has 0 aliphatic heterocycles. The minimum Gasteiger partial charge on any atom is -0.481 e. The van der Waals surface area contributed by atoms with Crippen molar-refractivity contribution in [2.24, 2.45) is 5.73 Å². The number of carboxylic acid groups (broad SMARTS) is 2. The van der Waals surface area contributed by atoms with Crippen molar-refractivity contribution in [3.8, 4) is 0 Å². The summed E-state index contributed by atoms with van der Waals surface area (Å²) < 4.78 is 0. The number of aliphatic hydroxyl groups excluding tert-OH is 1. The second-order valence-electron chi connectivity index (χ2n) is 5.76. The summed E-state index contributed by atoms with van der Waals surface area (Å²) in [7, 11) is 0. The van der Waals surface area contributed by atoms with E-state index in [0.29, 0.717) is 0 Å². The normalized spacial score (nSPS) is 16.0. The van der Waals surface area contributed by atoms with Gasteiger partial charge in [-0.25, -0.2) is 4.79 Å². The van der Waals surface area contributed by atoms with E-state index in [1.54, 1.807) is 0 Å². The summed E-state index contributed by atoms with van der Waals surface area (Å²) in [6, 6.07) is -5.50. The number of rotatable bonds is 12. The fourth-order valence-corrected chi connectivity index (χ4v) is 2.38. The van der Waals surface area contributed by atoms with E-state index in [0.717, 1.165) is 0 Å². The number of aliphatic hydroxyl groups is 1. The topological polar surface area (TPSA) is 208 Å². The Morgan fingerprint density at radius 1 is 0.893 bits per heavy atom. The maximum absolute atomic E-state index is 12.3. The molecule has 3 amide bonds. The van der Waals surface area contributed by atoms with Gasteiger partial charge in [0.2, 0.25) is 17.7 Å². The summed E-state index contributed by atoms with van der Waals surface area (Å²) in [5.41, 5.74) is 5.40. The van der Waals surface area contributed by atoms with Crippen molar-refractivity contribution < 1.29 is 39.3 Å². The van der Waals surface area contributed by atoms with Crippen molar-refractivity contribution in [2.75, 3.05) is 11.5 Å². The van der Waals surface area contributed by atoms with Crippen molar-refractivity contribution in [1.82, 2.24) is 16.0 Å². The van der Waals surface area contributed by atoms with E-state index in [2.05, 4.69) is 41.2 Å². The first-order chi connectivity index (χ1) is 12.9. The number of amides is 3. The standard InChI is InChI=1S/C14H24N4O8S2/c1-5(19)10(14(25)26)18-13(24)8(4-28)17-12(23)7(3-27)16-11(22)6(15)2-9(20)21/h5-8,10,19,27-28H,2-4,15H2,1H3,(H,16,22)(H,17,23)(H,18,24)(H,20,21)(H,25,26). The molecule has 160 valence electrons. The zero-order chi connectivity index (χ0) is 22.0. The minimum absolute atomic E-state index is 0.191. The molecule has 0 fully saturated rings. The van der Waals surface area contributed by atoms with E-state index in [1.807, 2.05) is 0 Å². The van der Waals surface area contributed by atoms with Crippen LogP contribution >= 0.6 is 25.3 Å². The highest BCUT2D eigenvalue weighted by molar-refractivity contribution is 7.80. The molecule has 0 aliphatic rings. The van der Waals surface area contributed by atoms with Gasteiger partial charge in [-0.2, -0.15) is 25.3 Å². The van der Waals surface area contributed by atoms with E-state index in [9.17, 15) is 29.1 Å². The fraction of sp³-hybridized carbons (Fsp3) is 0.643. The first kappa shape index (κ1) is 26.0. The molecule has 5 unspecified atom stereocenters. The first-order valence-corrected chi connectivity index (χ1v) is 9.22. The van der Waals surface area contributed by atoms with Gasteiger partial charge < -0.3 is 37.0 Å². The van der Waals surface area contributed by atoms with Gasteiger partial charge in [-0.05, 0) is 6.92 Å². The number of carbonyl (C=O) groups excluding carboxylic acids is 3. The van der Waals surface area contributed by atoms with Crippen LogP contribution in [-0.2, 0) is 24.0 Å². The average Bonchev–Trinajstić information content (AvgIpc) is 2.59. The number of hydrogen-bond donors (Lipinski definition) is 9. The minimum atomic E-state index is -1.60. The van der Waals surface area contributed by atoms with Crippen LogP contribution in [0.5, 0.6) is 0 Å². The summed E-state index contributed by atoms with van der Waals surface area (Å²) in [5.74, 6) is -5.83. The second kappa shape index (κ2) is 12.4. The third-order valence-corrected chi connectivity index (χ3v) is 4.14. The summed E-state index contributed by atoms with van der Waals surface area (Å²) in [5, 5.41) is 33.5. The molecule has 0 radical (unpaired) electrons. The first-order valence-electron chi connectivity index (χ1n) is 7.95. The van der Waals surface area contributed by atoms with Crippen LogP contribution < -0.4 is 21.7 Å². The van der Waals surface area contributed by atoms with Gasteiger partial charge in [0.05, 0.1) is 18.6 Å². The Morgan fingerprint density at radius 3 is 1.68 bits per heavy atom. The van der Waals surface area contributed by atoms with Crippen LogP contribution in [0.3, 0.4) is 0 Å². The van der Waals surface area contributed by atoms with Crippen molar-refractivity contribution in [2.45, 2.75) is 43.6 Å². The number of hydrogen-bond acceptors (Lipinski definition) is 9. The highest BCUT2D eigenvalue weighted by Gasteiger charge is 2.31. The van der Waals surface area contributed by atoms with Gasteiger partial charge in [-0.15, -0.1) is 0 Å². The van der Waals surface area contributed by atoms with Crippen LogP contribution in [0.25, 0.3) is 0 Å². The van der Waals surface area contributed by atoms with Crippen molar-refractivity contribution in [3.63, 3.8) is 0 Å². The fourth-order valence-electron chi connectivity index (χ4n) is 1.86. The van der Waals surface area contributed by atoms with E-state index < -0.39 is 66.4 Å². The number of nitrogens with one attached hydrogen (secondary N) is 3. The van der Waals surface area contributed by atoms with E-state index in [1.165, 1.54) is 6.92 Å². The van der Waals surface area contributed by atoms with Crippen LogP contribution in [0.15, 0.2) is 0 Å². The van der Waals surface area contributed by atoms with Crippen molar-refractivity contribution in [1.29, 1.82) is 0 Å². The molecular weight excluding hydrogens is 416 g/mol. The van der Waals surface area contributed by atoms with Gasteiger partial charge >= 0.3 is 11.9 Å². The van der Waals surface area contributed by atoms with Crippen LogP contribution in [0.2, 0.25) is 0 Å². The molecule has 0 aliphatic carbocycles. The molecule has 28 heavy (non-hydrogen) atoms. The Bertz CT molecular complexity index is 604. The van der Waals surface area contributed by atoms with Crippen LogP contribution in [-0.4, -0.2) is 86.8 Å². The van der Waals surface area contributed by atoms with E-state index >= 15 is 0 Å². The Labute approximate surface area is 171 Å². The van der Waals surface area contributed by atoms with E-state index in [-0.39, 0.29) is 11.5 Å². The highest BCUT2D eigenvalue weighted by Crippen LogP contribution is 1.99. The van der Waals surface area contributed by atoms with E-state index in [4.69, 9.17) is 15.9 Å². The molecule has 0 spiro atoms. The zero-order valence-corrected chi connectivity index (χ0v) is 16.7. The SMILES string of the molecule is CC(O)C(NC(=O)C(CS)NC(=O)C(CS)NC(=O)C(N)CC(=O)O)C(=O)O.